The summed E-state index contributed by atoms with van der Waals surface area (Å²) in [6.07, 6.45) is 1.44. The van der Waals surface area contributed by atoms with Gasteiger partial charge in [0, 0.05) is 10.6 Å². The fraction of sp³-hybridized carbons (Fsp3) is 0.121. The topological polar surface area (TPSA) is 84.9 Å². The van der Waals surface area contributed by atoms with Crippen LogP contribution in [0.25, 0.3) is 6.08 Å². The van der Waals surface area contributed by atoms with Crippen molar-refractivity contribution in [3.05, 3.63) is 128 Å². The number of urea groups is 1. The molecule has 7 nitrogen and oxygen atoms in total. The van der Waals surface area contributed by atoms with Crippen LogP contribution in [0.2, 0.25) is 5.02 Å². The second-order valence-electron chi connectivity index (χ2n) is 9.81. The second-order valence-corrected chi connectivity index (χ2v) is 11.1. The fourth-order valence-corrected chi connectivity index (χ4v) is 5.27. The highest BCUT2D eigenvalue weighted by atomic mass is 79.9. The molecule has 1 saturated heterocycles. The number of imide groups is 2. The zero-order valence-electron chi connectivity index (χ0n) is 22.8. The summed E-state index contributed by atoms with van der Waals surface area (Å²) in [6.45, 7) is 4.73. The number of rotatable bonds is 8. The molecule has 212 valence electrons. The van der Waals surface area contributed by atoms with Crippen LogP contribution < -0.4 is 19.7 Å². The average molecular weight is 646 g/mol. The number of amides is 4. The minimum atomic E-state index is -0.830. The summed E-state index contributed by atoms with van der Waals surface area (Å²) in [5.41, 5.74) is 4.90. The maximum absolute atomic E-state index is 13.3. The van der Waals surface area contributed by atoms with E-state index in [2.05, 4.69) is 39.4 Å². The highest BCUT2D eigenvalue weighted by Gasteiger charge is 2.36. The molecule has 4 amide bonds. The van der Waals surface area contributed by atoms with E-state index in [0.717, 1.165) is 27.2 Å². The van der Waals surface area contributed by atoms with E-state index in [1.54, 1.807) is 48.5 Å². The van der Waals surface area contributed by atoms with Crippen molar-refractivity contribution in [1.82, 2.24) is 5.32 Å². The number of carbonyl (C=O) groups excluding carboxylic acids is 3. The molecule has 5 rings (SSSR count). The molecule has 1 aliphatic heterocycles. The first-order valence-electron chi connectivity index (χ1n) is 13.1. The lowest BCUT2D eigenvalue weighted by atomic mass is 10.1. The Bertz CT molecular complexity index is 1700. The lowest BCUT2D eigenvalue weighted by Crippen LogP contribution is -2.54. The van der Waals surface area contributed by atoms with Gasteiger partial charge in [0.25, 0.3) is 11.8 Å². The van der Waals surface area contributed by atoms with E-state index < -0.39 is 17.8 Å². The molecule has 4 aromatic carbocycles. The van der Waals surface area contributed by atoms with Crippen LogP contribution in [0.5, 0.6) is 11.5 Å². The zero-order chi connectivity index (χ0) is 29.8. The summed E-state index contributed by atoms with van der Waals surface area (Å²) in [5.74, 6) is -0.364. The minimum Gasteiger partial charge on any atom is -0.489 e. The second kappa shape index (κ2) is 12.6. The number of hydrogen-bond donors (Lipinski definition) is 1. The molecule has 0 aromatic heterocycles. The van der Waals surface area contributed by atoms with Crippen molar-refractivity contribution < 1.29 is 23.9 Å². The normalized spacial score (nSPS) is 14.2. The molecule has 1 N–H and O–H groups in total. The van der Waals surface area contributed by atoms with Gasteiger partial charge in [-0.3, -0.25) is 14.9 Å². The lowest BCUT2D eigenvalue weighted by Gasteiger charge is -2.26. The molecule has 1 aliphatic rings. The van der Waals surface area contributed by atoms with Gasteiger partial charge in [0.1, 0.15) is 30.3 Å². The molecule has 0 bridgehead atoms. The van der Waals surface area contributed by atoms with E-state index in [1.807, 2.05) is 32.0 Å². The van der Waals surface area contributed by atoms with Gasteiger partial charge in [0.05, 0.1) is 10.2 Å². The number of anilines is 1. The van der Waals surface area contributed by atoms with Crippen LogP contribution in [0, 0.1) is 13.8 Å². The fourth-order valence-electron chi connectivity index (χ4n) is 4.56. The van der Waals surface area contributed by atoms with E-state index in [0.29, 0.717) is 33.2 Å². The van der Waals surface area contributed by atoms with Crippen molar-refractivity contribution >= 4 is 57.1 Å². The van der Waals surface area contributed by atoms with Gasteiger partial charge in [-0.15, -0.1) is 0 Å². The maximum Gasteiger partial charge on any atom is 0.335 e. The molecule has 0 spiro atoms. The van der Waals surface area contributed by atoms with Crippen molar-refractivity contribution in [3.63, 3.8) is 0 Å². The highest BCUT2D eigenvalue weighted by molar-refractivity contribution is 9.10. The molecule has 4 aromatic rings. The van der Waals surface area contributed by atoms with Crippen LogP contribution in [0.3, 0.4) is 0 Å². The Labute approximate surface area is 256 Å². The molecule has 0 aliphatic carbocycles. The average Bonchev–Trinajstić information content (AvgIpc) is 2.94. The predicted molar refractivity (Wildman–Crippen MR) is 166 cm³/mol. The van der Waals surface area contributed by atoms with E-state index in [4.69, 9.17) is 21.1 Å². The number of ether oxygens (including phenoxy) is 2. The number of barbiturate groups is 1. The van der Waals surface area contributed by atoms with Crippen LogP contribution in [0.1, 0.15) is 27.8 Å². The number of nitrogens with one attached hydrogen (secondary N) is 1. The molecule has 9 heteroatoms. The molecular formula is C33H26BrClN2O5. The molecule has 1 fully saturated rings. The van der Waals surface area contributed by atoms with Crippen molar-refractivity contribution in [2.45, 2.75) is 27.1 Å². The van der Waals surface area contributed by atoms with Gasteiger partial charge in [-0.2, -0.15) is 0 Å². The number of aryl methyl sites for hydroxylation is 2. The summed E-state index contributed by atoms with van der Waals surface area (Å²) >= 11 is 9.70. The summed E-state index contributed by atoms with van der Waals surface area (Å²) in [7, 11) is 0. The van der Waals surface area contributed by atoms with Crippen LogP contribution in [-0.4, -0.2) is 17.8 Å². The zero-order valence-corrected chi connectivity index (χ0v) is 25.2. The van der Waals surface area contributed by atoms with E-state index in [9.17, 15) is 14.4 Å². The first-order chi connectivity index (χ1) is 20.2. The Kier molecular flexibility index (Phi) is 8.75. The van der Waals surface area contributed by atoms with Gasteiger partial charge in [0.2, 0.25) is 0 Å². The van der Waals surface area contributed by atoms with Gasteiger partial charge in [-0.05, 0) is 89.4 Å². The van der Waals surface area contributed by atoms with Crippen molar-refractivity contribution in [1.29, 1.82) is 0 Å². The van der Waals surface area contributed by atoms with Crippen LogP contribution in [-0.2, 0) is 22.8 Å². The monoisotopic (exact) mass is 644 g/mol. The first kappa shape index (κ1) is 29.1. The molecule has 0 unspecified atom stereocenters. The van der Waals surface area contributed by atoms with Gasteiger partial charge >= 0.3 is 6.03 Å². The number of carbonyl (C=O) groups is 3. The van der Waals surface area contributed by atoms with Crippen molar-refractivity contribution in [3.8, 4) is 11.5 Å². The molecular weight excluding hydrogens is 620 g/mol. The van der Waals surface area contributed by atoms with Crippen molar-refractivity contribution in [2.24, 2.45) is 0 Å². The highest BCUT2D eigenvalue weighted by Crippen LogP contribution is 2.30. The third-order valence-corrected chi connectivity index (χ3v) is 7.48. The summed E-state index contributed by atoms with van der Waals surface area (Å²) in [5, 5.41) is 2.84. The SMILES string of the molecule is Cc1cc(C)cc(COc2ccc(/C=C3\C(=O)NC(=O)N(c4ccc(OCc5ccccc5Cl)cc4)C3=O)cc2Br)c1. The third-order valence-electron chi connectivity index (χ3n) is 6.49. The number of halogens is 2. The molecule has 42 heavy (non-hydrogen) atoms. The molecule has 0 atom stereocenters. The van der Waals surface area contributed by atoms with Gasteiger partial charge in [-0.1, -0.05) is 65.2 Å². The Morgan fingerprint density at radius 2 is 1.57 bits per heavy atom. The Hall–Kier alpha value is -4.40. The first-order valence-corrected chi connectivity index (χ1v) is 14.2. The number of hydrogen-bond acceptors (Lipinski definition) is 5. The van der Waals surface area contributed by atoms with Crippen LogP contribution in [0.4, 0.5) is 10.5 Å². The Morgan fingerprint density at radius 1 is 0.857 bits per heavy atom. The number of benzene rings is 4. The Morgan fingerprint density at radius 3 is 2.26 bits per heavy atom. The number of nitrogens with zero attached hydrogens (tertiary/aromatic N) is 1. The Balaban J connectivity index is 1.29. The molecule has 0 saturated carbocycles. The standard InChI is InChI=1S/C33H26BrClN2O5/c1-20-13-21(2)15-23(14-20)18-42-30-12-7-22(17-28(30)34)16-27-31(38)36-33(40)37(32(27)39)25-8-10-26(11-9-25)41-19-24-5-3-4-6-29(24)35/h3-17H,18-19H2,1-2H3,(H,36,38,40)/b27-16+. The largest absolute Gasteiger partial charge is 0.489 e. The molecule has 0 radical (unpaired) electrons. The van der Waals surface area contributed by atoms with E-state index in [-0.39, 0.29) is 17.9 Å². The summed E-state index contributed by atoms with van der Waals surface area (Å²) < 4.78 is 12.4. The predicted octanol–water partition coefficient (Wildman–Crippen LogP) is 7.54. The van der Waals surface area contributed by atoms with Crippen molar-refractivity contribution in [2.75, 3.05) is 4.90 Å². The lowest BCUT2D eigenvalue weighted by molar-refractivity contribution is -0.122. The molecule has 1 heterocycles. The summed E-state index contributed by atoms with van der Waals surface area (Å²) in [4.78, 5) is 39.6. The van der Waals surface area contributed by atoms with Gasteiger partial charge < -0.3 is 9.47 Å². The van der Waals surface area contributed by atoms with Gasteiger partial charge in [0.15, 0.2) is 0 Å². The van der Waals surface area contributed by atoms with E-state index in [1.165, 1.54) is 6.08 Å². The third kappa shape index (κ3) is 6.73. The quantitative estimate of drug-likeness (QED) is 0.158. The summed E-state index contributed by atoms with van der Waals surface area (Å²) in [6, 6.07) is 24.4. The van der Waals surface area contributed by atoms with E-state index >= 15 is 0 Å². The van der Waals surface area contributed by atoms with Crippen LogP contribution in [0.15, 0.2) is 95.0 Å². The minimum absolute atomic E-state index is 0.176. The maximum atomic E-state index is 13.3. The van der Waals surface area contributed by atoms with Crippen LogP contribution >= 0.6 is 27.5 Å². The van der Waals surface area contributed by atoms with Gasteiger partial charge in [-0.25, -0.2) is 9.69 Å². The smallest absolute Gasteiger partial charge is 0.335 e.